The molecule has 2 unspecified atom stereocenters. The van der Waals surface area contributed by atoms with Crippen LogP contribution in [0.25, 0.3) is 0 Å². The Morgan fingerprint density at radius 1 is 1.35 bits per heavy atom. The van der Waals surface area contributed by atoms with Gasteiger partial charge in [-0.25, -0.2) is 4.98 Å². The predicted molar refractivity (Wildman–Crippen MR) is 72.9 cm³/mol. The summed E-state index contributed by atoms with van der Waals surface area (Å²) in [5.41, 5.74) is 1.16. The van der Waals surface area contributed by atoms with Crippen molar-refractivity contribution in [2.45, 2.75) is 51.1 Å². The summed E-state index contributed by atoms with van der Waals surface area (Å²) in [4.78, 5) is 7.23. The summed E-state index contributed by atoms with van der Waals surface area (Å²) in [6, 6.07) is 1.37. The molecule has 0 spiro atoms. The standard InChI is InChI=1S/C13H21N3S/c1-10-9-17-13(15-10)16-8-3-2-6-12(16)11-5-4-7-14-11/h9,11-12,14H,2-8H2,1H3. The monoisotopic (exact) mass is 251 g/mol. The van der Waals surface area contributed by atoms with E-state index in [1.165, 1.54) is 50.3 Å². The Kier molecular flexibility index (Phi) is 3.34. The third kappa shape index (κ3) is 2.33. The van der Waals surface area contributed by atoms with Crippen LogP contribution in [0.1, 0.15) is 37.8 Å². The van der Waals surface area contributed by atoms with Gasteiger partial charge in [-0.3, -0.25) is 0 Å². The van der Waals surface area contributed by atoms with Gasteiger partial charge in [0, 0.05) is 24.0 Å². The van der Waals surface area contributed by atoms with Crippen LogP contribution < -0.4 is 10.2 Å². The minimum absolute atomic E-state index is 0.678. The van der Waals surface area contributed by atoms with Crippen LogP contribution in [-0.4, -0.2) is 30.2 Å². The van der Waals surface area contributed by atoms with Crippen molar-refractivity contribution >= 4 is 16.5 Å². The van der Waals surface area contributed by atoms with E-state index in [4.69, 9.17) is 0 Å². The molecule has 3 rings (SSSR count). The number of hydrogen-bond donors (Lipinski definition) is 1. The normalized spacial score (nSPS) is 29.8. The van der Waals surface area contributed by atoms with Crippen molar-refractivity contribution in [2.75, 3.05) is 18.0 Å². The zero-order valence-corrected chi connectivity index (χ0v) is 11.3. The fraction of sp³-hybridized carbons (Fsp3) is 0.769. The van der Waals surface area contributed by atoms with Crippen LogP contribution in [0.5, 0.6) is 0 Å². The van der Waals surface area contributed by atoms with Gasteiger partial charge < -0.3 is 10.2 Å². The number of thiazole rings is 1. The molecule has 1 aromatic heterocycles. The summed E-state index contributed by atoms with van der Waals surface area (Å²) in [5, 5.41) is 7.07. The summed E-state index contributed by atoms with van der Waals surface area (Å²) in [6.07, 6.45) is 6.71. The number of anilines is 1. The van der Waals surface area contributed by atoms with E-state index in [0.29, 0.717) is 12.1 Å². The predicted octanol–water partition coefficient (Wildman–Crippen LogP) is 2.56. The number of piperidine rings is 1. The zero-order valence-electron chi connectivity index (χ0n) is 10.5. The van der Waals surface area contributed by atoms with E-state index in [-0.39, 0.29) is 0 Å². The average molecular weight is 251 g/mol. The van der Waals surface area contributed by atoms with Crippen molar-refractivity contribution in [1.82, 2.24) is 10.3 Å². The number of nitrogens with zero attached hydrogens (tertiary/aromatic N) is 2. The first-order valence-corrected chi connectivity index (χ1v) is 7.65. The number of aryl methyl sites for hydroxylation is 1. The van der Waals surface area contributed by atoms with E-state index in [9.17, 15) is 0 Å². The first kappa shape index (κ1) is 11.5. The van der Waals surface area contributed by atoms with Crippen molar-refractivity contribution in [3.05, 3.63) is 11.1 Å². The SMILES string of the molecule is Cc1csc(N2CCCCC2C2CCCN2)n1. The molecule has 2 aliphatic heterocycles. The third-order valence-corrected chi connectivity index (χ3v) is 4.96. The molecule has 2 atom stereocenters. The summed E-state index contributed by atoms with van der Waals surface area (Å²) >= 11 is 1.81. The van der Waals surface area contributed by atoms with Gasteiger partial charge in [-0.15, -0.1) is 11.3 Å². The van der Waals surface area contributed by atoms with Gasteiger partial charge in [0.25, 0.3) is 0 Å². The molecule has 1 N–H and O–H groups in total. The highest BCUT2D eigenvalue weighted by atomic mass is 32.1. The van der Waals surface area contributed by atoms with E-state index in [0.717, 1.165) is 5.69 Å². The third-order valence-electron chi connectivity index (χ3n) is 3.96. The summed E-state index contributed by atoms with van der Waals surface area (Å²) in [7, 11) is 0. The number of aromatic nitrogens is 1. The molecule has 0 bridgehead atoms. The van der Waals surface area contributed by atoms with Crippen LogP contribution >= 0.6 is 11.3 Å². The lowest BCUT2D eigenvalue weighted by atomic mass is 9.95. The molecule has 0 aromatic carbocycles. The van der Waals surface area contributed by atoms with Gasteiger partial charge >= 0.3 is 0 Å². The van der Waals surface area contributed by atoms with E-state index in [1.807, 2.05) is 0 Å². The number of rotatable bonds is 2. The van der Waals surface area contributed by atoms with Crippen LogP contribution in [0.15, 0.2) is 5.38 Å². The van der Waals surface area contributed by atoms with Gasteiger partial charge in [0.05, 0.1) is 5.69 Å². The Hall–Kier alpha value is -0.610. The Bertz CT molecular complexity index is 370. The summed E-state index contributed by atoms with van der Waals surface area (Å²) in [6.45, 7) is 4.48. The van der Waals surface area contributed by atoms with Crippen LogP contribution in [0.2, 0.25) is 0 Å². The first-order valence-electron chi connectivity index (χ1n) is 6.77. The van der Waals surface area contributed by atoms with Crippen molar-refractivity contribution in [2.24, 2.45) is 0 Å². The first-order chi connectivity index (χ1) is 8.34. The molecule has 17 heavy (non-hydrogen) atoms. The van der Waals surface area contributed by atoms with Crippen LogP contribution in [0.4, 0.5) is 5.13 Å². The maximum Gasteiger partial charge on any atom is 0.185 e. The second-order valence-corrected chi connectivity index (χ2v) is 6.07. The average Bonchev–Trinajstić information content (AvgIpc) is 3.00. The summed E-state index contributed by atoms with van der Waals surface area (Å²) < 4.78 is 0. The van der Waals surface area contributed by atoms with E-state index >= 15 is 0 Å². The minimum atomic E-state index is 0.678. The highest BCUT2D eigenvalue weighted by Gasteiger charge is 2.32. The highest BCUT2D eigenvalue weighted by molar-refractivity contribution is 7.13. The zero-order chi connectivity index (χ0) is 11.7. The topological polar surface area (TPSA) is 28.2 Å². The second-order valence-electron chi connectivity index (χ2n) is 5.23. The maximum atomic E-state index is 4.67. The van der Waals surface area contributed by atoms with Crippen LogP contribution in [-0.2, 0) is 0 Å². The van der Waals surface area contributed by atoms with Crippen molar-refractivity contribution < 1.29 is 0 Å². The van der Waals surface area contributed by atoms with Crippen LogP contribution in [0.3, 0.4) is 0 Å². The van der Waals surface area contributed by atoms with Gasteiger partial charge in [0.1, 0.15) is 0 Å². The Morgan fingerprint density at radius 3 is 3.00 bits per heavy atom. The Balaban J connectivity index is 1.79. The van der Waals surface area contributed by atoms with Gasteiger partial charge in [-0.2, -0.15) is 0 Å². The number of hydrogen-bond acceptors (Lipinski definition) is 4. The second kappa shape index (κ2) is 4.94. The van der Waals surface area contributed by atoms with Gasteiger partial charge in [0.15, 0.2) is 5.13 Å². The molecular weight excluding hydrogens is 230 g/mol. The maximum absolute atomic E-state index is 4.67. The van der Waals surface area contributed by atoms with Gasteiger partial charge in [0.2, 0.25) is 0 Å². The van der Waals surface area contributed by atoms with Crippen molar-refractivity contribution in [1.29, 1.82) is 0 Å². The highest BCUT2D eigenvalue weighted by Crippen LogP contribution is 2.31. The van der Waals surface area contributed by atoms with E-state index < -0.39 is 0 Å². The molecule has 3 heterocycles. The molecule has 94 valence electrons. The molecule has 0 saturated carbocycles. The lowest BCUT2D eigenvalue weighted by molar-refractivity contribution is 0.378. The lowest BCUT2D eigenvalue weighted by Gasteiger charge is -2.39. The van der Waals surface area contributed by atoms with E-state index in [1.54, 1.807) is 11.3 Å². The molecule has 4 heteroatoms. The Labute approximate surface area is 107 Å². The molecule has 2 fully saturated rings. The molecular formula is C13H21N3S. The van der Waals surface area contributed by atoms with Crippen molar-refractivity contribution in [3.63, 3.8) is 0 Å². The lowest BCUT2D eigenvalue weighted by Crippen LogP contribution is -2.50. The summed E-state index contributed by atoms with van der Waals surface area (Å²) in [5.74, 6) is 0. The van der Waals surface area contributed by atoms with E-state index in [2.05, 4.69) is 27.5 Å². The molecule has 2 saturated heterocycles. The van der Waals surface area contributed by atoms with Gasteiger partial charge in [-0.05, 0) is 45.6 Å². The quantitative estimate of drug-likeness (QED) is 0.875. The largest absolute Gasteiger partial charge is 0.344 e. The molecule has 0 amide bonds. The molecule has 1 aromatic rings. The fourth-order valence-corrected chi connectivity index (χ4v) is 4.01. The van der Waals surface area contributed by atoms with Crippen LogP contribution in [0, 0.1) is 6.92 Å². The molecule has 0 radical (unpaired) electrons. The van der Waals surface area contributed by atoms with Crippen molar-refractivity contribution in [3.8, 4) is 0 Å². The Morgan fingerprint density at radius 2 is 2.29 bits per heavy atom. The molecule has 3 nitrogen and oxygen atoms in total. The molecule has 2 aliphatic rings. The van der Waals surface area contributed by atoms with Gasteiger partial charge in [-0.1, -0.05) is 0 Å². The number of nitrogens with one attached hydrogen (secondary N) is 1. The minimum Gasteiger partial charge on any atom is -0.344 e. The fourth-order valence-electron chi connectivity index (χ4n) is 3.13. The smallest absolute Gasteiger partial charge is 0.185 e. The molecule has 0 aliphatic carbocycles.